The Balaban J connectivity index is 1.56. The molecule has 0 radical (unpaired) electrons. The summed E-state index contributed by atoms with van der Waals surface area (Å²) in [5.74, 6) is 1.53. The number of fused-ring (bicyclic) bond motifs is 1. The monoisotopic (exact) mass is 463 g/mol. The lowest BCUT2D eigenvalue weighted by Crippen LogP contribution is -2.33. The quantitative estimate of drug-likeness (QED) is 0.348. The molecule has 1 saturated heterocycles. The van der Waals surface area contributed by atoms with Gasteiger partial charge in [0.25, 0.3) is 0 Å². The lowest BCUT2D eigenvalue weighted by atomic mass is 9.97. The molecule has 1 aliphatic rings. The number of nitriles is 1. The third-order valence-corrected chi connectivity index (χ3v) is 6.01. The zero-order chi connectivity index (χ0) is 24.5. The van der Waals surface area contributed by atoms with Crippen LogP contribution in [0.15, 0.2) is 91.5 Å². The summed E-state index contributed by atoms with van der Waals surface area (Å²) in [5.41, 5.74) is 4.73. The van der Waals surface area contributed by atoms with Gasteiger partial charge in [-0.15, -0.1) is 0 Å². The summed E-state index contributed by atoms with van der Waals surface area (Å²) in [6, 6.07) is 20.1. The van der Waals surface area contributed by atoms with Crippen LogP contribution in [0.5, 0.6) is 5.75 Å². The molecule has 6 heteroatoms. The molecule has 1 aliphatic heterocycles. The molecule has 4 aromatic rings. The molecule has 1 fully saturated rings. The van der Waals surface area contributed by atoms with E-state index in [2.05, 4.69) is 18.1 Å². The highest BCUT2D eigenvalue weighted by atomic mass is 19.1. The van der Waals surface area contributed by atoms with Crippen LogP contribution in [0.25, 0.3) is 33.2 Å². The molecule has 3 aromatic carbocycles. The van der Waals surface area contributed by atoms with Crippen molar-refractivity contribution in [3.05, 3.63) is 103 Å². The molecule has 5 nitrogen and oxygen atoms in total. The Labute approximate surface area is 203 Å². The number of methoxy groups -OCH3 is 1. The predicted octanol–water partition coefficient (Wildman–Crippen LogP) is 6.45. The van der Waals surface area contributed by atoms with E-state index in [0.29, 0.717) is 47.0 Å². The summed E-state index contributed by atoms with van der Waals surface area (Å²) in [5, 5.41) is 9.83. The average Bonchev–Trinajstić information content (AvgIpc) is 2.87. The van der Waals surface area contributed by atoms with E-state index in [0.717, 1.165) is 22.2 Å². The SMILES string of the molecule is C=C1CN(c2ccc(-c3cnc4c(-c5ccc(C#N)cc5F)cccc4c3OC)cc2)CC(=C)O1. The van der Waals surface area contributed by atoms with E-state index in [1.165, 1.54) is 6.07 Å². The van der Waals surface area contributed by atoms with Crippen molar-refractivity contribution < 1.29 is 13.9 Å². The van der Waals surface area contributed by atoms with Crippen molar-refractivity contribution in [3.8, 4) is 34.1 Å². The standard InChI is InChI=1S/C29H22FN3O2/c1-18-16-33(17-19(2)35-18)22-10-8-21(9-11-22)26-15-32-28-24(5-4-6-25(28)29(26)34-3)23-12-7-20(14-31)13-27(23)30/h4-13,15H,1-2,16-17H2,3H3. The minimum Gasteiger partial charge on any atom is -0.495 e. The Kier molecular flexibility index (Phi) is 5.68. The first-order valence-corrected chi connectivity index (χ1v) is 11.0. The van der Waals surface area contributed by atoms with Gasteiger partial charge in [0.1, 0.15) is 23.1 Å². The Morgan fingerprint density at radius 1 is 1.00 bits per heavy atom. The van der Waals surface area contributed by atoms with Gasteiger partial charge in [-0.2, -0.15) is 5.26 Å². The summed E-state index contributed by atoms with van der Waals surface area (Å²) >= 11 is 0. The van der Waals surface area contributed by atoms with Crippen LogP contribution >= 0.6 is 0 Å². The van der Waals surface area contributed by atoms with Gasteiger partial charge in [-0.3, -0.25) is 4.98 Å². The van der Waals surface area contributed by atoms with E-state index in [9.17, 15) is 4.39 Å². The molecule has 0 atom stereocenters. The van der Waals surface area contributed by atoms with Crippen molar-refractivity contribution in [2.75, 3.05) is 25.1 Å². The van der Waals surface area contributed by atoms with Crippen LogP contribution in [0.1, 0.15) is 5.56 Å². The highest BCUT2D eigenvalue weighted by molar-refractivity contribution is 6.00. The van der Waals surface area contributed by atoms with Crippen LogP contribution in [-0.2, 0) is 4.74 Å². The molecule has 1 aromatic heterocycles. The van der Waals surface area contributed by atoms with Crippen molar-refractivity contribution in [1.82, 2.24) is 4.98 Å². The summed E-state index contributed by atoms with van der Waals surface area (Å²) in [7, 11) is 1.62. The fourth-order valence-electron chi connectivity index (χ4n) is 4.43. The number of para-hydroxylation sites is 1. The van der Waals surface area contributed by atoms with Crippen molar-refractivity contribution in [3.63, 3.8) is 0 Å². The smallest absolute Gasteiger partial charge is 0.137 e. The van der Waals surface area contributed by atoms with Crippen LogP contribution in [0.3, 0.4) is 0 Å². The minimum atomic E-state index is -0.467. The lowest BCUT2D eigenvalue weighted by Gasteiger charge is -2.31. The van der Waals surface area contributed by atoms with Gasteiger partial charge in [-0.25, -0.2) is 4.39 Å². The number of halogens is 1. The number of hydrogen-bond donors (Lipinski definition) is 0. The van der Waals surface area contributed by atoms with Crippen LogP contribution in [0.2, 0.25) is 0 Å². The first-order chi connectivity index (χ1) is 17.0. The Bertz CT molecular complexity index is 1500. The number of morpholine rings is 1. The van der Waals surface area contributed by atoms with Crippen molar-refractivity contribution >= 4 is 16.6 Å². The van der Waals surface area contributed by atoms with Crippen molar-refractivity contribution in [1.29, 1.82) is 5.26 Å². The minimum absolute atomic E-state index is 0.272. The Morgan fingerprint density at radius 2 is 1.74 bits per heavy atom. The Hall–Kier alpha value is -4.63. The van der Waals surface area contributed by atoms with E-state index >= 15 is 0 Å². The zero-order valence-electron chi connectivity index (χ0n) is 19.2. The van der Waals surface area contributed by atoms with Crippen LogP contribution in [0.4, 0.5) is 10.1 Å². The maximum Gasteiger partial charge on any atom is 0.137 e. The second kappa shape index (κ2) is 8.96. The van der Waals surface area contributed by atoms with Crippen LogP contribution in [-0.4, -0.2) is 25.2 Å². The van der Waals surface area contributed by atoms with Gasteiger partial charge >= 0.3 is 0 Å². The molecule has 0 saturated carbocycles. The van der Waals surface area contributed by atoms with E-state index in [1.54, 1.807) is 25.4 Å². The molecule has 0 amide bonds. The van der Waals surface area contributed by atoms with Gasteiger partial charge in [-0.05, 0) is 35.9 Å². The molecule has 0 unspecified atom stereocenters. The fraction of sp³-hybridized carbons (Fsp3) is 0.103. The second-order valence-electron chi connectivity index (χ2n) is 8.30. The van der Waals surface area contributed by atoms with E-state index in [4.69, 9.17) is 19.7 Å². The molecule has 0 spiro atoms. The topological polar surface area (TPSA) is 58.4 Å². The number of ether oxygens (including phenoxy) is 2. The molecular formula is C29H22FN3O2. The maximum absolute atomic E-state index is 14.8. The first-order valence-electron chi connectivity index (χ1n) is 11.0. The maximum atomic E-state index is 14.8. The first kappa shape index (κ1) is 22.2. The van der Waals surface area contributed by atoms with Gasteiger partial charge in [0.05, 0.1) is 37.3 Å². The normalized spacial score (nSPS) is 13.5. The fourth-order valence-corrected chi connectivity index (χ4v) is 4.43. The third-order valence-electron chi connectivity index (χ3n) is 6.01. The van der Waals surface area contributed by atoms with Gasteiger partial charge < -0.3 is 14.4 Å². The van der Waals surface area contributed by atoms with Crippen molar-refractivity contribution in [2.24, 2.45) is 0 Å². The Morgan fingerprint density at radius 3 is 2.40 bits per heavy atom. The van der Waals surface area contributed by atoms with E-state index in [1.807, 2.05) is 48.5 Å². The van der Waals surface area contributed by atoms with Gasteiger partial charge in [0.15, 0.2) is 0 Å². The second-order valence-corrected chi connectivity index (χ2v) is 8.30. The summed E-state index contributed by atoms with van der Waals surface area (Å²) in [4.78, 5) is 6.84. The number of hydrogen-bond acceptors (Lipinski definition) is 5. The van der Waals surface area contributed by atoms with Crippen molar-refractivity contribution in [2.45, 2.75) is 0 Å². The molecule has 5 rings (SSSR count). The average molecular weight is 464 g/mol. The van der Waals surface area contributed by atoms with Gasteiger partial charge in [0.2, 0.25) is 0 Å². The summed E-state index contributed by atoms with van der Waals surface area (Å²) in [6.45, 7) is 9.04. The molecule has 35 heavy (non-hydrogen) atoms. The zero-order valence-corrected chi connectivity index (χ0v) is 19.2. The van der Waals surface area contributed by atoms with Crippen LogP contribution < -0.4 is 9.64 Å². The molecule has 0 N–H and O–H groups in total. The third kappa shape index (κ3) is 4.09. The van der Waals surface area contributed by atoms with Gasteiger partial charge in [0, 0.05) is 34.0 Å². The number of aromatic nitrogens is 1. The highest BCUT2D eigenvalue weighted by Gasteiger charge is 2.19. The molecule has 2 heterocycles. The van der Waals surface area contributed by atoms with Gasteiger partial charge in [-0.1, -0.05) is 43.5 Å². The molecular weight excluding hydrogens is 441 g/mol. The summed E-state index contributed by atoms with van der Waals surface area (Å²) < 4.78 is 26.1. The molecule has 0 aliphatic carbocycles. The highest BCUT2D eigenvalue weighted by Crippen LogP contribution is 2.40. The largest absolute Gasteiger partial charge is 0.495 e. The number of anilines is 1. The number of pyridine rings is 1. The number of benzene rings is 3. The predicted molar refractivity (Wildman–Crippen MR) is 135 cm³/mol. The van der Waals surface area contributed by atoms with E-state index in [-0.39, 0.29) is 5.56 Å². The lowest BCUT2D eigenvalue weighted by molar-refractivity contribution is 0.272. The number of rotatable bonds is 4. The van der Waals surface area contributed by atoms with E-state index < -0.39 is 5.82 Å². The number of nitrogens with zero attached hydrogens (tertiary/aromatic N) is 3. The van der Waals surface area contributed by atoms with Crippen LogP contribution in [0, 0.1) is 17.1 Å². The molecule has 172 valence electrons. The summed E-state index contributed by atoms with van der Waals surface area (Å²) in [6.07, 6.45) is 1.75. The molecule has 0 bridgehead atoms.